The molecule has 1 fully saturated rings. The molecular formula is C14H22N2S. The lowest BCUT2D eigenvalue weighted by molar-refractivity contribution is 0.416. The monoisotopic (exact) mass is 250 g/mol. The molecule has 0 saturated heterocycles. The molecule has 0 bridgehead atoms. The van der Waals surface area contributed by atoms with Gasteiger partial charge in [0.2, 0.25) is 0 Å². The van der Waals surface area contributed by atoms with E-state index in [0.717, 1.165) is 19.0 Å². The van der Waals surface area contributed by atoms with E-state index in [0.29, 0.717) is 5.92 Å². The summed E-state index contributed by atoms with van der Waals surface area (Å²) in [6.45, 7) is 4.38. The second-order valence-corrected chi connectivity index (χ2v) is 6.50. The number of thiazole rings is 1. The van der Waals surface area contributed by atoms with E-state index in [4.69, 9.17) is 4.98 Å². The van der Waals surface area contributed by atoms with Gasteiger partial charge in [-0.05, 0) is 38.6 Å². The number of aryl methyl sites for hydroxylation is 1. The van der Waals surface area contributed by atoms with Crippen LogP contribution in [0.15, 0.2) is 0 Å². The van der Waals surface area contributed by atoms with Crippen molar-refractivity contribution in [2.75, 3.05) is 13.1 Å². The van der Waals surface area contributed by atoms with Crippen LogP contribution in [0, 0.1) is 0 Å². The third-order valence-electron chi connectivity index (χ3n) is 4.18. The number of nitrogens with one attached hydrogen (secondary N) is 1. The predicted molar refractivity (Wildman–Crippen MR) is 72.9 cm³/mol. The molecule has 0 aromatic carbocycles. The highest BCUT2D eigenvalue weighted by Gasteiger charge is 2.28. The van der Waals surface area contributed by atoms with E-state index >= 15 is 0 Å². The lowest BCUT2D eigenvalue weighted by Crippen LogP contribution is -2.24. The number of aromatic nitrogens is 1. The minimum Gasteiger partial charge on any atom is -0.316 e. The van der Waals surface area contributed by atoms with Crippen molar-refractivity contribution < 1.29 is 0 Å². The van der Waals surface area contributed by atoms with Crippen molar-refractivity contribution in [2.24, 2.45) is 0 Å². The summed E-state index contributed by atoms with van der Waals surface area (Å²) in [6, 6.07) is 0. The Morgan fingerprint density at radius 3 is 2.88 bits per heavy atom. The summed E-state index contributed by atoms with van der Waals surface area (Å²) in [4.78, 5) is 6.58. The maximum absolute atomic E-state index is 4.99. The number of rotatable bonds is 4. The molecule has 1 unspecified atom stereocenters. The third-order valence-corrected chi connectivity index (χ3v) is 5.48. The summed E-state index contributed by atoms with van der Waals surface area (Å²) >= 11 is 2.02. The standard InChI is InChI=1S/C14H22N2S/c1-2-15-9-11-7-4-8-12-13(11)16-14(17-12)10-5-3-6-10/h10-11,15H,2-9H2,1H3. The maximum Gasteiger partial charge on any atom is 0.0962 e. The number of likely N-dealkylation sites (N-methyl/N-ethyl adjacent to an activating group) is 1. The Labute approximate surface area is 108 Å². The largest absolute Gasteiger partial charge is 0.316 e. The van der Waals surface area contributed by atoms with Crippen molar-refractivity contribution in [2.45, 2.75) is 57.3 Å². The summed E-state index contributed by atoms with van der Waals surface area (Å²) in [5.74, 6) is 1.49. The van der Waals surface area contributed by atoms with E-state index in [1.807, 2.05) is 11.3 Å². The first-order valence-electron chi connectivity index (χ1n) is 7.08. The minimum atomic E-state index is 0.684. The van der Waals surface area contributed by atoms with Crippen LogP contribution >= 0.6 is 11.3 Å². The van der Waals surface area contributed by atoms with E-state index < -0.39 is 0 Å². The van der Waals surface area contributed by atoms with Crippen LogP contribution in [0.4, 0.5) is 0 Å². The highest BCUT2D eigenvalue weighted by Crippen LogP contribution is 2.42. The summed E-state index contributed by atoms with van der Waals surface area (Å²) in [5, 5.41) is 4.94. The molecule has 0 radical (unpaired) electrons. The SMILES string of the molecule is CCNCC1CCCc2sc(C3CCC3)nc21. The van der Waals surface area contributed by atoms with E-state index in [9.17, 15) is 0 Å². The molecule has 1 saturated carbocycles. The molecule has 1 atom stereocenters. The van der Waals surface area contributed by atoms with Crippen molar-refractivity contribution in [3.63, 3.8) is 0 Å². The Bertz CT molecular complexity index is 382. The Kier molecular flexibility index (Phi) is 3.48. The van der Waals surface area contributed by atoms with Gasteiger partial charge in [-0.3, -0.25) is 0 Å². The Morgan fingerprint density at radius 1 is 1.29 bits per heavy atom. The molecule has 2 nitrogen and oxygen atoms in total. The molecule has 17 heavy (non-hydrogen) atoms. The average Bonchev–Trinajstić information content (AvgIpc) is 2.67. The Morgan fingerprint density at radius 2 is 2.18 bits per heavy atom. The molecule has 94 valence electrons. The first-order valence-corrected chi connectivity index (χ1v) is 7.90. The molecule has 2 aliphatic rings. The number of nitrogens with zero attached hydrogens (tertiary/aromatic N) is 1. The Balaban J connectivity index is 1.78. The predicted octanol–water partition coefficient (Wildman–Crippen LogP) is 3.44. The highest BCUT2D eigenvalue weighted by atomic mass is 32.1. The molecule has 1 N–H and O–H groups in total. The van der Waals surface area contributed by atoms with Crippen LogP contribution in [0.5, 0.6) is 0 Å². The lowest BCUT2D eigenvalue weighted by atomic mass is 9.86. The molecule has 1 aromatic heterocycles. The third kappa shape index (κ3) is 2.27. The first kappa shape index (κ1) is 11.7. The molecule has 3 rings (SSSR count). The second kappa shape index (κ2) is 5.07. The number of hydrogen-bond acceptors (Lipinski definition) is 3. The fourth-order valence-corrected chi connectivity index (χ4v) is 4.24. The normalized spacial score (nSPS) is 24.4. The molecule has 0 amide bonds. The van der Waals surface area contributed by atoms with E-state index in [-0.39, 0.29) is 0 Å². The van der Waals surface area contributed by atoms with Crippen molar-refractivity contribution in [1.82, 2.24) is 10.3 Å². The van der Waals surface area contributed by atoms with Gasteiger partial charge >= 0.3 is 0 Å². The Hall–Kier alpha value is -0.410. The van der Waals surface area contributed by atoms with Gasteiger partial charge in [-0.2, -0.15) is 0 Å². The van der Waals surface area contributed by atoms with Crippen molar-refractivity contribution in [1.29, 1.82) is 0 Å². The van der Waals surface area contributed by atoms with Crippen LogP contribution in [0.3, 0.4) is 0 Å². The maximum atomic E-state index is 4.99. The second-order valence-electron chi connectivity index (χ2n) is 5.39. The number of fused-ring (bicyclic) bond motifs is 1. The zero-order valence-corrected chi connectivity index (χ0v) is 11.5. The molecule has 0 spiro atoms. The summed E-state index contributed by atoms with van der Waals surface area (Å²) in [5.41, 5.74) is 1.45. The van der Waals surface area contributed by atoms with Gasteiger partial charge in [0.05, 0.1) is 10.7 Å². The van der Waals surface area contributed by atoms with E-state index in [2.05, 4.69) is 12.2 Å². The molecule has 0 aliphatic heterocycles. The van der Waals surface area contributed by atoms with Crippen LogP contribution in [0.1, 0.15) is 66.4 Å². The molecule has 1 aromatic rings. The van der Waals surface area contributed by atoms with Crippen LogP contribution in [-0.2, 0) is 6.42 Å². The first-order chi connectivity index (χ1) is 8.38. The quantitative estimate of drug-likeness (QED) is 0.885. The summed E-state index contributed by atoms with van der Waals surface area (Å²) in [7, 11) is 0. The highest BCUT2D eigenvalue weighted by molar-refractivity contribution is 7.11. The molecule has 3 heteroatoms. The topological polar surface area (TPSA) is 24.9 Å². The van der Waals surface area contributed by atoms with Crippen LogP contribution in [-0.4, -0.2) is 18.1 Å². The van der Waals surface area contributed by atoms with Crippen LogP contribution < -0.4 is 5.32 Å². The van der Waals surface area contributed by atoms with Gasteiger partial charge in [0, 0.05) is 23.3 Å². The number of hydrogen-bond donors (Lipinski definition) is 1. The minimum absolute atomic E-state index is 0.684. The van der Waals surface area contributed by atoms with Gasteiger partial charge in [0.25, 0.3) is 0 Å². The molecular weight excluding hydrogens is 228 g/mol. The zero-order chi connectivity index (χ0) is 11.7. The fourth-order valence-electron chi connectivity index (χ4n) is 2.87. The van der Waals surface area contributed by atoms with Crippen molar-refractivity contribution in [3.8, 4) is 0 Å². The summed E-state index contributed by atoms with van der Waals surface area (Å²) in [6.07, 6.45) is 8.13. The zero-order valence-electron chi connectivity index (χ0n) is 10.7. The fraction of sp³-hybridized carbons (Fsp3) is 0.786. The van der Waals surface area contributed by atoms with Crippen LogP contribution in [0.25, 0.3) is 0 Å². The summed E-state index contributed by atoms with van der Waals surface area (Å²) < 4.78 is 0. The van der Waals surface area contributed by atoms with Crippen molar-refractivity contribution >= 4 is 11.3 Å². The van der Waals surface area contributed by atoms with Gasteiger partial charge in [-0.1, -0.05) is 13.3 Å². The lowest BCUT2D eigenvalue weighted by Gasteiger charge is -2.23. The van der Waals surface area contributed by atoms with Gasteiger partial charge in [-0.25, -0.2) is 4.98 Å². The van der Waals surface area contributed by atoms with Crippen LogP contribution in [0.2, 0.25) is 0 Å². The van der Waals surface area contributed by atoms with E-state index in [1.54, 1.807) is 4.88 Å². The van der Waals surface area contributed by atoms with Gasteiger partial charge in [-0.15, -0.1) is 11.3 Å². The van der Waals surface area contributed by atoms with Crippen molar-refractivity contribution in [3.05, 3.63) is 15.6 Å². The van der Waals surface area contributed by atoms with Gasteiger partial charge in [0.15, 0.2) is 0 Å². The van der Waals surface area contributed by atoms with Gasteiger partial charge in [0.1, 0.15) is 0 Å². The average molecular weight is 250 g/mol. The van der Waals surface area contributed by atoms with E-state index in [1.165, 1.54) is 49.2 Å². The molecule has 1 heterocycles. The smallest absolute Gasteiger partial charge is 0.0962 e. The molecule has 2 aliphatic carbocycles. The van der Waals surface area contributed by atoms with Gasteiger partial charge < -0.3 is 5.32 Å².